The molecule has 3 aromatic rings. The first-order valence-corrected chi connectivity index (χ1v) is 12.5. The lowest BCUT2D eigenvalue weighted by Gasteiger charge is -2.12. The Labute approximate surface area is 178 Å². The maximum Gasteiger partial charge on any atom is 0.255 e. The van der Waals surface area contributed by atoms with E-state index in [-0.39, 0.29) is 28.7 Å². The molecule has 0 aliphatic carbocycles. The first-order valence-electron chi connectivity index (χ1n) is 9.19. The number of sulfonamides is 1. The Kier molecular flexibility index (Phi) is 5.56. The van der Waals surface area contributed by atoms with Gasteiger partial charge in [0, 0.05) is 17.3 Å². The van der Waals surface area contributed by atoms with Gasteiger partial charge in [0.1, 0.15) is 6.33 Å². The number of benzene rings is 2. The highest BCUT2D eigenvalue weighted by Gasteiger charge is 2.31. The van der Waals surface area contributed by atoms with Crippen LogP contribution in [0.2, 0.25) is 0 Å². The van der Waals surface area contributed by atoms with E-state index in [1.54, 1.807) is 24.3 Å². The van der Waals surface area contributed by atoms with E-state index in [1.165, 1.54) is 35.3 Å². The van der Waals surface area contributed by atoms with Gasteiger partial charge in [0.15, 0.2) is 9.84 Å². The maximum absolute atomic E-state index is 12.5. The molecule has 1 fully saturated rings. The van der Waals surface area contributed by atoms with E-state index in [4.69, 9.17) is 0 Å². The van der Waals surface area contributed by atoms with Crippen molar-refractivity contribution in [3.8, 4) is 5.69 Å². The summed E-state index contributed by atoms with van der Waals surface area (Å²) in [6, 6.07) is 11.7. The minimum atomic E-state index is -3.87. The molecular formula is C18H18N6O5S2. The van der Waals surface area contributed by atoms with Crippen molar-refractivity contribution < 1.29 is 21.6 Å². The lowest BCUT2D eigenvalue weighted by Crippen LogP contribution is -2.35. The Bertz CT molecular complexity index is 1310. The summed E-state index contributed by atoms with van der Waals surface area (Å²) in [5.41, 5.74) is 1.38. The van der Waals surface area contributed by atoms with Gasteiger partial charge >= 0.3 is 0 Å². The fourth-order valence-corrected chi connectivity index (χ4v) is 6.21. The predicted molar refractivity (Wildman–Crippen MR) is 111 cm³/mol. The number of carbonyl (C=O) groups excluding carboxylic acids is 1. The molecule has 1 unspecified atom stereocenters. The van der Waals surface area contributed by atoms with E-state index in [2.05, 4.69) is 25.6 Å². The topological polar surface area (TPSA) is 153 Å². The van der Waals surface area contributed by atoms with Crippen molar-refractivity contribution in [3.63, 3.8) is 0 Å². The number of sulfone groups is 1. The molecule has 1 amide bonds. The van der Waals surface area contributed by atoms with Crippen molar-refractivity contribution in [1.29, 1.82) is 0 Å². The van der Waals surface area contributed by atoms with Gasteiger partial charge in [-0.3, -0.25) is 4.79 Å². The molecule has 0 radical (unpaired) electrons. The van der Waals surface area contributed by atoms with Crippen molar-refractivity contribution in [2.75, 3.05) is 16.8 Å². The van der Waals surface area contributed by atoms with Crippen LogP contribution >= 0.6 is 0 Å². The molecule has 0 saturated carbocycles. The SMILES string of the molecule is O=C(Nc1ccc(S(=O)(=O)NC2CCS(=O)(=O)C2)cc1)c1cccc(-n2cnnn2)c1. The Hall–Kier alpha value is -3.16. The number of rotatable bonds is 6. The first kappa shape index (κ1) is 21.1. The normalized spacial score (nSPS) is 18.0. The number of nitrogens with zero attached hydrogens (tertiary/aromatic N) is 4. The molecule has 13 heteroatoms. The summed E-state index contributed by atoms with van der Waals surface area (Å²) in [6.45, 7) is 0. The second-order valence-corrected chi connectivity index (χ2v) is 10.9. The summed E-state index contributed by atoms with van der Waals surface area (Å²) in [5, 5.41) is 13.6. The van der Waals surface area contributed by atoms with Crippen molar-refractivity contribution in [2.24, 2.45) is 0 Å². The van der Waals surface area contributed by atoms with Crippen molar-refractivity contribution in [1.82, 2.24) is 24.9 Å². The molecular weight excluding hydrogens is 444 g/mol. The molecule has 1 aromatic heterocycles. The van der Waals surface area contributed by atoms with E-state index in [9.17, 15) is 21.6 Å². The summed E-state index contributed by atoms with van der Waals surface area (Å²) in [7, 11) is -7.07. The van der Waals surface area contributed by atoms with Crippen LogP contribution in [-0.4, -0.2) is 60.5 Å². The third kappa shape index (κ3) is 4.95. The Morgan fingerprint density at radius 2 is 1.90 bits per heavy atom. The zero-order chi connectivity index (χ0) is 22.1. The zero-order valence-electron chi connectivity index (χ0n) is 16.0. The monoisotopic (exact) mass is 462 g/mol. The zero-order valence-corrected chi connectivity index (χ0v) is 17.7. The van der Waals surface area contributed by atoms with Crippen molar-refractivity contribution >= 4 is 31.5 Å². The highest BCUT2D eigenvalue weighted by atomic mass is 32.2. The van der Waals surface area contributed by atoms with Crippen LogP contribution in [0.4, 0.5) is 5.69 Å². The number of carbonyl (C=O) groups is 1. The molecule has 2 N–H and O–H groups in total. The predicted octanol–water partition coefficient (Wildman–Crippen LogP) is 0.380. The van der Waals surface area contributed by atoms with Gasteiger partial charge in [-0.25, -0.2) is 26.2 Å². The van der Waals surface area contributed by atoms with Crippen LogP contribution in [-0.2, 0) is 19.9 Å². The third-order valence-corrected chi connectivity index (χ3v) is 8.00. The second-order valence-electron chi connectivity index (χ2n) is 7.00. The number of hydrogen-bond donors (Lipinski definition) is 2. The number of tetrazole rings is 1. The Morgan fingerprint density at radius 1 is 1.13 bits per heavy atom. The third-order valence-electron chi connectivity index (χ3n) is 4.70. The van der Waals surface area contributed by atoms with E-state index >= 15 is 0 Å². The summed E-state index contributed by atoms with van der Waals surface area (Å²) >= 11 is 0. The minimum absolute atomic E-state index is 0.0181. The summed E-state index contributed by atoms with van der Waals surface area (Å²) in [5.74, 6) is -0.621. The number of anilines is 1. The van der Waals surface area contributed by atoms with Gasteiger partial charge < -0.3 is 5.32 Å². The molecule has 4 rings (SSSR count). The number of hydrogen-bond acceptors (Lipinski definition) is 8. The van der Waals surface area contributed by atoms with E-state index in [0.29, 0.717) is 16.9 Å². The average molecular weight is 463 g/mol. The van der Waals surface area contributed by atoms with Crippen LogP contribution in [0.25, 0.3) is 5.69 Å². The van der Waals surface area contributed by atoms with Gasteiger partial charge in [0.05, 0.1) is 22.1 Å². The van der Waals surface area contributed by atoms with E-state index in [1.807, 2.05) is 0 Å². The van der Waals surface area contributed by atoms with Crippen molar-refractivity contribution in [2.45, 2.75) is 17.4 Å². The van der Waals surface area contributed by atoms with Gasteiger partial charge in [-0.2, -0.15) is 0 Å². The second kappa shape index (κ2) is 8.17. The van der Waals surface area contributed by atoms with Gasteiger partial charge in [-0.1, -0.05) is 6.07 Å². The summed E-state index contributed by atoms with van der Waals surface area (Å²) < 4.78 is 51.9. The van der Waals surface area contributed by atoms with Crippen LogP contribution in [0.3, 0.4) is 0 Å². The Morgan fingerprint density at radius 3 is 2.55 bits per heavy atom. The lowest BCUT2D eigenvalue weighted by molar-refractivity contribution is 0.102. The van der Waals surface area contributed by atoms with Gasteiger partial charge in [-0.05, 0) is 59.3 Å². The van der Waals surface area contributed by atoms with E-state index in [0.717, 1.165) is 0 Å². The van der Waals surface area contributed by atoms with E-state index < -0.39 is 25.9 Å². The highest BCUT2D eigenvalue weighted by Crippen LogP contribution is 2.19. The Balaban J connectivity index is 1.44. The maximum atomic E-state index is 12.5. The molecule has 1 aliphatic rings. The number of aromatic nitrogens is 4. The largest absolute Gasteiger partial charge is 0.322 e. The molecule has 0 bridgehead atoms. The highest BCUT2D eigenvalue weighted by molar-refractivity contribution is 7.92. The fourth-order valence-electron chi connectivity index (χ4n) is 3.17. The smallest absolute Gasteiger partial charge is 0.255 e. The van der Waals surface area contributed by atoms with Crippen LogP contribution in [0.5, 0.6) is 0 Å². The average Bonchev–Trinajstić information content (AvgIpc) is 3.38. The van der Waals surface area contributed by atoms with Crippen LogP contribution in [0.15, 0.2) is 59.8 Å². The number of nitrogens with one attached hydrogen (secondary N) is 2. The molecule has 1 aliphatic heterocycles. The van der Waals surface area contributed by atoms with Gasteiger partial charge in [-0.15, -0.1) is 5.10 Å². The molecule has 31 heavy (non-hydrogen) atoms. The van der Waals surface area contributed by atoms with Crippen LogP contribution in [0, 0.1) is 0 Å². The van der Waals surface area contributed by atoms with Crippen molar-refractivity contribution in [3.05, 3.63) is 60.4 Å². The molecule has 2 heterocycles. The summed E-state index contributed by atoms with van der Waals surface area (Å²) in [6.07, 6.45) is 1.66. The molecule has 0 spiro atoms. The number of amides is 1. The van der Waals surface area contributed by atoms with Crippen LogP contribution in [0.1, 0.15) is 16.8 Å². The lowest BCUT2D eigenvalue weighted by atomic mass is 10.2. The summed E-state index contributed by atoms with van der Waals surface area (Å²) in [4.78, 5) is 12.5. The molecule has 1 saturated heterocycles. The minimum Gasteiger partial charge on any atom is -0.322 e. The first-order chi connectivity index (χ1) is 14.7. The molecule has 2 aromatic carbocycles. The standard InChI is InChI=1S/C18H18N6O5S2/c25-18(13-2-1-3-16(10-13)24-12-19-22-23-24)20-14-4-6-17(7-5-14)31(28,29)21-15-8-9-30(26,27)11-15/h1-7,10,12,15,21H,8-9,11H2,(H,20,25). The van der Waals surface area contributed by atoms with Gasteiger partial charge in [0.2, 0.25) is 10.0 Å². The van der Waals surface area contributed by atoms with Gasteiger partial charge in [0.25, 0.3) is 5.91 Å². The molecule has 162 valence electrons. The van der Waals surface area contributed by atoms with Crippen LogP contribution < -0.4 is 10.0 Å². The molecule has 1 atom stereocenters. The quantitative estimate of drug-likeness (QED) is 0.533. The molecule has 11 nitrogen and oxygen atoms in total. The fraction of sp³-hybridized carbons (Fsp3) is 0.222.